The van der Waals surface area contributed by atoms with Crippen molar-refractivity contribution in [1.82, 2.24) is 14.5 Å². The molecular weight excluding hydrogens is 280 g/mol. The normalized spacial score (nSPS) is 15.7. The molecule has 0 aliphatic heterocycles. The first-order valence-corrected chi connectivity index (χ1v) is 7.67. The van der Waals surface area contributed by atoms with Gasteiger partial charge in [0.1, 0.15) is 6.33 Å². The Morgan fingerprint density at radius 2 is 2.18 bits per heavy atom. The predicted octanol–water partition coefficient (Wildman–Crippen LogP) is 2.31. The Balaban J connectivity index is 1.76. The minimum Gasteiger partial charge on any atom is -0.324 e. The van der Waals surface area contributed by atoms with E-state index in [2.05, 4.69) is 4.98 Å². The van der Waals surface area contributed by atoms with Crippen LogP contribution in [0.25, 0.3) is 11.3 Å². The molecule has 0 unspecified atom stereocenters. The van der Waals surface area contributed by atoms with Gasteiger partial charge in [-0.05, 0) is 18.9 Å². The molecule has 1 aliphatic carbocycles. The van der Waals surface area contributed by atoms with Gasteiger partial charge in [-0.1, -0.05) is 19.3 Å². The van der Waals surface area contributed by atoms with Crippen LogP contribution in [0.3, 0.4) is 0 Å². The molecule has 0 aromatic carbocycles. The van der Waals surface area contributed by atoms with E-state index in [-0.39, 0.29) is 6.03 Å². The molecule has 6 heteroatoms. The highest BCUT2D eigenvalue weighted by Crippen LogP contribution is 2.22. The number of carbonyl (C=O) groups is 1. The van der Waals surface area contributed by atoms with Crippen molar-refractivity contribution in [3.63, 3.8) is 0 Å². The Bertz CT molecular complexity index is 662. The quantitative estimate of drug-likeness (QED) is 0.684. The van der Waals surface area contributed by atoms with E-state index in [9.17, 15) is 10.0 Å². The van der Waals surface area contributed by atoms with Gasteiger partial charge >= 0.3 is 6.03 Å². The summed E-state index contributed by atoms with van der Waals surface area (Å²) in [5.41, 5.74) is 1.42. The molecule has 0 atom stereocenters. The van der Waals surface area contributed by atoms with E-state index in [1.54, 1.807) is 18.5 Å². The van der Waals surface area contributed by atoms with Gasteiger partial charge in [0.25, 0.3) is 0 Å². The zero-order chi connectivity index (χ0) is 15.5. The summed E-state index contributed by atoms with van der Waals surface area (Å²) in [6.07, 6.45) is 12.1. The largest absolute Gasteiger partial charge is 0.329 e. The number of hydrogen-bond donors (Lipinski definition) is 1. The topological polar surface area (TPSA) is 62.2 Å². The third-order valence-electron chi connectivity index (χ3n) is 4.31. The van der Waals surface area contributed by atoms with Crippen molar-refractivity contribution in [3.05, 3.63) is 37.1 Å². The van der Waals surface area contributed by atoms with Crippen molar-refractivity contribution in [3.8, 4) is 11.3 Å². The lowest BCUT2D eigenvalue weighted by Crippen LogP contribution is -2.40. The maximum absolute atomic E-state index is 12.5. The maximum Gasteiger partial charge on any atom is 0.329 e. The van der Waals surface area contributed by atoms with Gasteiger partial charge in [0.15, 0.2) is 0 Å². The number of aromatic nitrogens is 3. The fraction of sp³-hybridized carbons (Fsp3) is 0.438. The van der Waals surface area contributed by atoms with E-state index in [1.807, 2.05) is 18.0 Å². The predicted molar refractivity (Wildman–Crippen MR) is 80.5 cm³/mol. The van der Waals surface area contributed by atoms with Crippen LogP contribution >= 0.6 is 0 Å². The molecule has 22 heavy (non-hydrogen) atoms. The highest BCUT2D eigenvalue weighted by Gasteiger charge is 2.23. The highest BCUT2D eigenvalue weighted by atomic mass is 16.5. The van der Waals surface area contributed by atoms with Crippen molar-refractivity contribution >= 4 is 6.03 Å². The van der Waals surface area contributed by atoms with Crippen LogP contribution in [0.15, 0.2) is 37.1 Å². The van der Waals surface area contributed by atoms with Crippen LogP contribution in [0.1, 0.15) is 32.1 Å². The summed E-state index contributed by atoms with van der Waals surface area (Å²) < 4.78 is 2.49. The average molecular weight is 301 g/mol. The molecule has 1 saturated carbocycles. The van der Waals surface area contributed by atoms with Gasteiger partial charge in [-0.25, -0.2) is 9.78 Å². The van der Waals surface area contributed by atoms with Crippen LogP contribution in [-0.2, 0) is 0 Å². The zero-order valence-electron chi connectivity index (χ0n) is 12.7. The van der Waals surface area contributed by atoms with Crippen molar-refractivity contribution in [2.45, 2.75) is 38.1 Å². The Morgan fingerprint density at radius 3 is 2.91 bits per heavy atom. The number of nitrogens with zero attached hydrogens (tertiary/aromatic N) is 4. The van der Waals surface area contributed by atoms with Gasteiger partial charge < -0.3 is 4.90 Å². The first kappa shape index (κ1) is 14.6. The number of pyridine rings is 1. The van der Waals surface area contributed by atoms with Crippen molar-refractivity contribution in [2.75, 3.05) is 7.05 Å². The summed E-state index contributed by atoms with van der Waals surface area (Å²) in [7, 11) is 1.86. The summed E-state index contributed by atoms with van der Waals surface area (Å²) in [6, 6.07) is 3.83. The van der Waals surface area contributed by atoms with Crippen LogP contribution in [0, 0.1) is 0 Å². The standard InChI is InChI=1S/C16H21N4O2/c1-18(14-7-3-2-4-8-14)16(21)19-11-15(17-12-19)13-6-5-9-20(22)10-13/h5-6,9-12,14,22H,2-4,7-8H2,1H3/q+1. The Labute approximate surface area is 129 Å². The molecule has 2 heterocycles. The molecule has 0 spiro atoms. The van der Waals surface area contributed by atoms with Gasteiger partial charge in [-0.2, -0.15) is 0 Å². The van der Waals surface area contributed by atoms with Gasteiger partial charge in [0, 0.05) is 30.1 Å². The van der Waals surface area contributed by atoms with E-state index in [0.717, 1.165) is 23.1 Å². The Hall–Kier alpha value is -2.37. The summed E-state index contributed by atoms with van der Waals surface area (Å²) in [4.78, 5) is 18.6. The molecular formula is C16H21N4O2+. The summed E-state index contributed by atoms with van der Waals surface area (Å²) >= 11 is 0. The van der Waals surface area contributed by atoms with Gasteiger partial charge in [0.2, 0.25) is 12.4 Å². The average Bonchev–Trinajstić information content (AvgIpc) is 3.04. The number of rotatable bonds is 2. The highest BCUT2D eigenvalue weighted by molar-refractivity contribution is 5.78. The van der Waals surface area contributed by atoms with E-state index >= 15 is 0 Å². The summed E-state index contributed by atoms with van der Waals surface area (Å²) in [6.45, 7) is 0. The molecule has 116 valence electrons. The monoisotopic (exact) mass is 301 g/mol. The smallest absolute Gasteiger partial charge is 0.324 e. The molecule has 0 radical (unpaired) electrons. The first-order chi connectivity index (χ1) is 10.6. The fourth-order valence-electron chi connectivity index (χ4n) is 3.00. The second-order valence-electron chi connectivity index (χ2n) is 5.82. The molecule has 1 N–H and O–H groups in total. The van der Waals surface area contributed by atoms with Crippen molar-refractivity contribution in [2.24, 2.45) is 0 Å². The van der Waals surface area contributed by atoms with Crippen LogP contribution < -0.4 is 4.73 Å². The van der Waals surface area contributed by atoms with Crippen LogP contribution in [0.2, 0.25) is 0 Å². The lowest BCUT2D eigenvalue weighted by atomic mass is 9.95. The second kappa shape index (κ2) is 6.17. The maximum atomic E-state index is 12.5. The lowest BCUT2D eigenvalue weighted by molar-refractivity contribution is -0.904. The molecule has 2 aromatic heterocycles. The Morgan fingerprint density at radius 1 is 1.41 bits per heavy atom. The first-order valence-electron chi connectivity index (χ1n) is 7.67. The molecule has 1 aliphatic rings. The van der Waals surface area contributed by atoms with Gasteiger partial charge in [-0.3, -0.25) is 9.77 Å². The lowest BCUT2D eigenvalue weighted by Gasteiger charge is -2.31. The number of imidazole rings is 1. The fourth-order valence-corrected chi connectivity index (χ4v) is 3.00. The zero-order valence-corrected chi connectivity index (χ0v) is 12.7. The van der Waals surface area contributed by atoms with E-state index in [4.69, 9.17) is 0 Å². The molecule has 1 fully saturated rings. The van der Waals surface area contributed by atoms with E-state index < -0.39 is 0 Å². The third-order valence-corrected chi connectivity index (χ3v) is 4.31. The summed E-state index contributed by atoms with van der Waals surface area (Å²) in [5.74, 6) is 0. The van der Waals surface area contributed by atoms with E-state index in [0.29, 0.717) is 11.7 Å². The van der Waals surface area contributed by atoms with Crippen LogP contribution in [0.5, 0.6) is 0 Å². The van der Waals surface area contributed by atoms with Crippen LogP contribution in [0.4, 0.5) is 4.79 Å². The second-order valence-corrected chi connectivity index (χ2v) is 5.82. The number of carbonyl (C=O) groups excluding carboxylic acids is 1. The SMILES string of the molecule is CN(C(=O)n1cnc(-c2ccc[n+](O)c2)c1)C1CCCCC1. The van der Waals surface area contributed by atoms with E-state index in [1.165, 1.54) is 36.4 Å². The summed E-state index contributed by atoms with van der Waals surface area (Å²) in [5, 5.41) is 9.46. The minimum absolute atomic E-state index is 0.0570. The van der Waals surface area contributed by atoms with Crippen molar-refractivity contribution < 1.29 is 14.7 Å². The van der Waals surface area contributed by atoms with Gasteiger partial charge in [0.05, 0.1) is 11.3 Å². The number of hydrogen-bond acceptors (Lipinski definition) is 3. The van der Waals surface area contributed by atoms with Crippen LogP contribution in [-0.4, -0.2) is 38.8 Å². The molecule has 0 bridgehead atoms. The molecule has 6 nitrogen and oxygen atoms in total. The van der Waals surface area contributed by atoms with Crippen molar-refractivity contribution in [1.29, 1.82) is 0 Å². The molecule has 3 rings (SSSR count). The minimum atomic E-state index is -0.0570. The number of amides is 1. The van der Waals surface area contributed by atoms with Gasteiger partial charge in [-0.15, -0.1) is 0 Å². The Kier molecular flexibility index (Phi) is 4.09. The molecule has 0 saturated heterocycles. The molecule has 1 amide bonds. The molecule has 2 aromatic rings. The third kappa shape index (κ3) is 2.95.